The summed E-state index contributed by atoms with van der Waals surface area (Å²) in [6.45, 7) is 2.23. The second-order valence-electron chi connectivity index (χ2n) is 8.63. The number of nitrogens with one attached hydrogen (secondary N) is 1. The number of ether oxygens (including phenoxy) is 1. The number of phenolic OH excluding ortho intramolecular Hbond substituents is 2. The zero-order valence-electron chi connectivity index (χ0n) is 17.7. The van der Waals surface area contributed by atoms with Gasteiger partial charge in [-0.15, -0.1) is 0 Å². The third kappa shape index (κ3) is 4.39. The van der Waals surface area contributed by atoms with Gasteiger partial charge in [0.1, 0.15) is 10.1 Å². The predicted octanol–water partition coefficient (Wildman–Crippen LogP) is 5.05. The lowest BCUT2D eigenvalue weighted by molar-refractivity contribution is -0.118. The maximum Gasteiger partial charge on any atom is 0.239 e. The van der Waals surface area contributed by atoms with Crippen LogP contribution in [0.5, 0.6) is 17.2 Å². The largest absolute Gasteiger partial charge is 0.508 e. The van der Waals surface area contributed by atoms with Crippen molar-refractivity contribution >= 4 is 34.2 Å². The van der Waals surface area contributed by atoms with E-state index in [9.17, 15) is 15.0 Å². The summed E-state index contributed by atoms with van der Waals surface area (Å²) >= 11 is 6.39. The van der Waals surface area contributed by atoms with Gasteiger partial charge in [-0.1, -0.05) is 56.2 Å². The molecule has 1 saturated heterocycles. The molecule has 2 aromatic rings. The van der Waals surface area contributed by atoms with Crippen molar-refractivity contribution in [1.82, 2.24) is 5.32 Å². The number of hydrogen-bond donors (Lipinski definition) is 3. The molecule has 2 aliphatic rings. The molecule has 1 aliphatic carbocycles. The number of methoxy groups -OCH3 is 1. The molecule has 2 aromatic carbocycles. The molecule has 1 unspecified atom stereocenters. The summed E-state index contributed by atoms with van der Waals surface area (Å²) in [4.78, 5) is 12.1. The number of benzene rings is 2. The molecular weight excluding hydrogens is 430 g/mol. The number of carbonyl (C=O) groups excluding carboxylic acids is 1. The molecule has 4 rings (SSSR count). The summed E-state index contributed by atoms with van der Waals surface area (Å²) in [6, 6.07) is 9.38. The van der Waals surface area contributed by atoms with Crippen LogP contribution in [0.15, 0.2) is 30.3 Å². The second kappa shape index (κ2) is 8.71. The van der Waals surface area contributed by atoms with Gasteiger partial charge >= 0.3 is 0 Å². The maximum atomic E-state index is 12.1. The standard InChI is InChI=1S/C24H27NO4S2/c1-24(8-4-3-5-9-24)17-11-14(6-7-18(17)26)15-10-16(21(27)19(12-15)29-2)13-20-22(28)25-23(30)31-20/h6-7,10-12,20,26-27H,3-5,8-9,13H2,1-2H3,(H,25,28,30). The number of amides is 1. The first-order valence-electron chi connectivity index (χ1n) is 10.6. The van der Waals surface area contributed by atoms with Gasteiger partial charge in [0.2, 0.25) is 5.91 Å². The van der Waals surface area contributed by atoms with Crippen LogP contribution in [0.2, 0.25) is 0 Å². The number of rotatable bonds is 5. The molecular formula is C24H27NO4S2. The molecule has 1 saturated carbocycles. The van der Waals surface area contributed by atoms with E-state index in [1.54, 1.807) is 12.1 Å². The Morgan fingerprint density at radius 1 is 1.16 bits per heavy atom. The van der Waals surface area contributed by atoms with Gasteiger partial charge in [0.05, 0.1) is 12.4 Å². The predicted molar refractivity (Wildman–Crippen MR) is 128 cm³/mol. The molecule has 1 amide bonds. The molecule has 164 valence electrons. The Morgan fingerprint density at radius 3 is 2.55 bits per heavy atom. The fraction of sp³-hybridized carbons (Fsp3) is 0.417. The Hall–Kier alpha value is -2.25. The van der Waals surface area contributed by atoms with E-state index in [1.807, 2.05) is 12.1 Å². The first-order chi connectivity index (χ1) is 14.8. The fourth-order valence-corrected chi connectivity index (χ4v) is 5.97. The van der Waals surface area contributed by atoms with Crippen molar-refractivity contribution in [2.24, 2.45) is 0 Å². The van der Waals surface area contributed by atoms with E-state index in [2.05, 4.69) is 18.3 Å². The Bertz CT molecular complexity index is 1030. The van der Waals surface area contributed by atoms with Crippen molar-refractivity contribution < 1.29 is 19.7 Å². The smallest absolute Gasteiger partial charge is 0.239 e. The zero-order valence-corrected chi connectivity index (χ0v) is 19.4. The van der Waals surface area contributed by atoms with Crippen LogP contribution in [0.3, 0.4) is 0 Å². The van der Waals surface area contributed by atoms with Crippen LogP contribution in [0.4, 0.5) is 0 Å². The molecule has 2 fully saturated rings. The molecule has 3 N–H and O–H groups in total. The van der Waals surface area contributed by atoms with Crippen LogP contribution < -0.4 is 10.1 Å². The number of phenols is 2. The van der Waals surface area contributed by atoms with Crippen molar-refractivity contribution in [2.45, 2.75) is 56.1 Å². The quantitative estimate of drug-likeness (QED) is 0.545. The molecule has 0 radical (unpaired) electrons. The first kappa shape index (κ1) is 22.0. The van der Waals surface area contributed by atoms with Crippen LogP contribution in [0.25, 0.3) is 11.1 Å². The highest BCUT2D eigenvalue weighted by Gasteiger charge is 2.32. The van der Waals surface area contributed by atoms with Gasteiger partial charge < -0.3 is 20.3 Å². The summed E-state index contributed by atoms with van der Waals surface area (Å²) in [7, 11) is 1.51. The van der Waals surface area contributed by atoms with Gasteiger partial charge in [-0.2, -0.15) is 0 Å². The lowest BCUT2D eigenvalue weighted by Gasteiger charge is -2.35. The molecule has 1 heterocycles. The fourth-order valence-electron chi connectivity index (χ4n) is 4.67. The lowest BCUT2D eigenvalue weighted by Crippen LogP contribution is -2.25. The van der Waals surface area contributed by atoms with E-state index >= 15 is 0 Å². The van der Waals surface area contributed by atoms with Gasteiger partial charge in [0, 0.05) is 5.56 Å². The highest BCUT2D eigenvalue weighted by Crippen LogP contribution is 2.45. The maximum absolute atomic E-state index is 12.1. The summed E-state index contributed by atoms with van der Waals surface area (Å²) in [5, 5.41) is 23.6. The van der Waals surface area contributed by atoms with E-state index < -0.39 is 0 Å². The van der Waals surface area contributed by atoms with E-state index in [0.717, 1.165) is 29.5 Å². The minimum Gasteiger partial charge on any atom is -0.508 e. The van der Waals surface area contributed by atoms with Crippen molar-refractivity contribution in [3.05, 3.63) is 41.5 Å². The molecule has 0 spiro atoms. The van der Waals surface area contributed by atoms with Crippen LogP contribution in [-0.4, -0.2) is 32.8 Å². The number of carbonyl (C=O) groups is 1. The molecule has 0 aromatic heterocycles. The zero-order chi connectivity index (χ0) is 22.2. The van der Waals surface area contributed by atoms with Gasteiger partial charge in [0.25, 0.3) is 0 Å². The number of thioether (sulfide) groups is 1. The molecule has 7 heteroatoms. The van der Waals surface area contributed by atoms with Gasteiger partial charge in [0.15, 0.2) is 11.5 Å². The van der Waals surface area contributed by atoms with Gasteiger partial charge in [-0.3, -0.25) is 4.79 Å². The van der Waals surface area contributed by atoms with Crippen molar-refractivity contribution in [1.29, 1.82) is 0 Å². The normalized spacial score (nSPS) is 20.5. The van der Waals surface area contributed by atoms with E-state index in [1.165, 1.54) is 38.1 Å². The van der Waals surface area contributed by atoms with E-state index in [4.69, 9.17) is 17.0 Å². The molecule has 5 nitrogen and oxygen atoms in total. The average Bonchev–Trinajstić information content (AvgIpc) is 3.07. The molecule has 31 heavy (non-hydrogen) atoms. The van der Waals surface area contributed by atoms with Gasteiger partial charge in [-0.05, 0) is 65.6 Å². The third-order valence-electron chi connectivity index (χ3n) is 6.48. The van der Waals surface area contributed by atoms with E-state index in [0.29, 0.717) is 27.8 Å². The minimum absolute atomic E-state index is 0.0377. The van der Waals surface area contributed by atoms with Crippen LogP contribution in [0.1, 0.15) is 50.2 Å². The lowest BCUT2D eigenvalue weighted by atomic mass is 9.70. The highest BCUT2D eigenvalue weighted by atomic mass is 32.2. The number of thiocarbonyl (C=S) groups is 1. The van der Waals surface area contributed by atoms with Crippen LogP contribution in [-0.2, 0) is 16.6 Å². The Labute approximate surface area is 192 Å². The summed E-state index contributed by atoms with van der Waals surface area (Å²) < 4.78 is 5.88. The topological polar surface area (TPSA) is 78.8 Å². The third-order valence-corrected chi connectivity index (χ3v) is 7.86. The number of aromatic hydroxyl groups is 2. The molecule has 1 aliphatic heterocycles. The first-order valence-corrected chi connectivity index (χ1v) is 11.8. The Kier molecular flexibility index (Phi) is 6.17. The van der Waals surface area contributed by atoms with Crippen LogP contribution >= 0.6 is 24.0 Å². The SMILES string of the molecule is COc1cc(-c2ccc(O)c(C3(C)CCCCC3)c2)cc(CC2SC(=S)NC2=O)c1O. The van der Waals surface area contributed by atoms with Crippen LogP contribution in [0, 0.1) is 0 Å². The summed E-state index contributed by atoms with van der Waals surface area (Å²) in [5.74, 6) is 0.579. The number of hydrogen-bond acceptors (Lipinski definition) is 6. The van der Waals surface area contributed by atoms with E-state index in [-0.39, 0.29) is 22.3 Å². The summed E-state index contributed by atoms with van der Waals surface area (Å²) in [5.41, 5.74) is 3.37. The average molecular weight is 458 g/mol. The summed E-state index contributed by atoms with van der Waals surface area (Å²) in [6.07, 6.45) is 6.03. The minimum atomic E-state index is -0.380. The van der Waals surface area contributed by atoms with Crippen molar-refractivity contribution in [3.63, 3.8) is 0 Å². The van der Waals surface area contributed by atoms with Gasteiger partial charge in [-0.25, -0.2) is 0 Å². The Balaban J connectivity index is 1.73. The highest BCUT2D eigenvalue weighted by molar-refractivity contribution is 8.24. The van der Waals surface area contributed by atoms with Crippen molar-refractivity contribution in [3.8, 4) is 28.4 Å². The molecule has 1 atom stereocenters. The van der Waals surface area contributed by atoms with Crippen molar-refractivity contribution in [2.75, 3.05) is 7.11 Å². The monoisotopic (exact) mass is 457 g/mol. The molecule has 0 bridgehead atoms. The Morgan fingerprint density at radius 2 is 1.90 bits per heavy atom. The second-order valence-corrected chi connectivity index (χ2v) is 10.5.